The smallest absolute Gasteiger partial charge is 0.180 e. The zero-order valence-electron chi connectivity index (χ0n) is 20.5. The van der Waals surface area contributed by atoms with Gasteiger partial charge < -0.3 is 8.83 Å². The molecule has 5 aromatic carbocycles. The van der Waals surface area contributed by atoms with Crippen LogP contribution in [0, 0.1) is 0 Å². The van der Waals surface area contributed by atoms with Crippen molar-refractivity contribution in [1.82, 2.24) is 9.97 Å². The zero-order chi connectivity index (χ0) is 25.5. The van der Waals surface area contributed by atoms with Crippen molar-refractivity contribution in [2.45, 2.75) is 0 Å². The third-order valence-corrected chi connectivity index (χ3v) is 8.74. The minimum Gasteiger partial charge on any atom is -0.455 e. The van der Waals surface area contributed by atoms with E-state index in [4.69, 9.17) is 18.8 Å². The number of hydrogen-bond acceptors (Lipinski definition) is 5. The summed E-state index contributed by atoms with van der Waals surface area (Å²) in [6, 6.07) is 37.3. The van der Waals surface area contributed by atoms with Crippen LogP contribution < -0.4 is 0 Å². The molecule has 39 heavy (non-hydrogen) atoms. The Morgan fingerprint density at radius 1 is 0.487 bits per heavy atom. The highest BCUT2D eigenvalue weighted by Crippen LogP contribution is 2.43. The zero-order valence-corrected chi connectivity index (χ0v) is 21.3. The molecule has 5 heteroatoms. The Kier molecular flexibility index (Phi) is 4.18. The van der Waals surface area contributed by atoms with Crippen LogP contribution in [0.25, 0.3) is 86.8 Å². The maximum Gasteiger partial charge on any atom is 0.180 e. The first-order chi connectivity index (χ1) is 19.3. The fourth-order valence-corrected chi connectivity index (χ4v) is 6.96. The topological polar surface area (TPSA) is 52.1 Å². The highest BCUT2D eigenvalue weighted by atomic mass is 32.1. The van der Waals surface area contributed by atoms with Gasteiger partial charge in [-0.3, -0.25) is 0 Å². The van der Waals surface area contributed by atoms with Gasteiger partial charge in [0.15, 0.2) is 11.4 Å². The van der Waals surface area contributed by atoms with Crippen LogP contribution in [0.5, 0.6) is 0 Å². The highest BCUT2D eigenvalue weighted by molar-refractivity contribution is 7.26. The van der Waals surface area contributed by atoms with E-state index in [-0.39, 0.29) is 0 Å². The van der Waals surface area contributed by atoms with E-state index in [0.29, 0.717) is 11.4 Å². The lowest BCUT2D eigenvalue weighted by atomic mass is 10.0. The minimum atomic E-state index is 0.663. The summed E-state index contributed by atoms with van der Waals surface area (Å²) in [5.41, 5.74) is 6.54. The Labute approximate surface area is 225 Å². The normalized spacial score (nSPS) is 12.1. The number of benzene rings is 5. The Bertz CT molecular complexity index is 2410. The summed E-state index contributed by atoms with van der Waals surface area (Å²) in [7, 11) is 0. The second-order valence-electron chi connectivity index (χ2n) is 9.73. The Morgan fingerprint density at radius 3 is 2.00 bits per heavy atom. The first kappa shape index (κ1) is 21.0. The monoisotopic (exact) mass is 518 g/mol. The largest absolute Gasteiger partial charge is 0.455 e. The van der Waals surface area contributed by atoms with E-state index in [1.54, 1.807) is 11.3 Å². The Balaban J connectivity index is 1.42. The minimum absolute atomic E-state index is 0.663. The predicted octanol–water partition coefficient (Wildman–Crippen LogP) is 9.98. The summed E-state index contributed by atoms with van der Waals surface area (Å²) in [4.78, 5) is 10.4. The van der Waals surface area contributed by atoms with E-state index in [9.17, 15) is 0 Å². The van der Waals surface area contributed by atoms with E-state index in [1.807, 2.05) is 36.4 Å². The molecular weight excluding hydrogens is 500 g/mol. The van der Waals surface area contributed by atoms with Crippen molar-refractivity contribution in [2.24, 2.45) is 0 Å². The average Bonchev–Trinajstić information content (AvgIpc) is 3.68. The molecule has 9 rings (SSSR count). The number of nitrogens with zero attached hydrogens (tertiary/aromatic N) is 2. The molecule has 0 bridgehead atoms. The molecule has 0 unspecified atom stereocenters. The lowest BCUT2D eigenvalue weighted by molar-refractivity contribution is 0.663. The van der Waals surface area contributed by atoms with Crippen molar-refractivity contribution in [3.8, 4) is 22.6 Å². The standard InChI is InChI=1S/C34H18N2O2S/c1-4-16-26-19(9-1)21-12-7-14-24(31(21)37-26)30-32-29(23-11-2-5-17-27(23)38-32)35-34(36-30)25-15-8-13-22-20-10-3-6-18-28(20)39-33(22)25/h1-18H. The lowest BCUT2D eigenvalue weighted by Gasteiger charge is -2.08. The summed E-state index contributed by atoms with van der Waals surface area (Å²) in [6.07, 6.45) is 0. The van der Waals surface area contributed by atoms with Gasteiger partial charge in [0, 0.05) is 47.5 Å². The molecule has 0 aliphatic rings. The molecule has 4 nitrogen and oxygen atoms in total. The molecule has 0 aliphatic heterocycles. The lowest BCUT2D eigenvalue weighted by Crippen LogP contribution is -1.94. The second-order valence-corrected chi connectivity index (χ2v) is 10.8. The van der Waals surface area contributed by atoms with E-state index >= 15 is 0 Å². The van der Waals surface area contributed by atoms with E-state index in [1.165, 1.54) is 20.2 Å². The quantitative estimate of drug-likeness (QED) is 0.228. The number of aromatic nitrogens is 2. The van der Waals surface area contributed by atoms with Gasteiger partial charge in [-0.05, 0) is 36.4 Å². The first-order valence-corrected chi connectivity index (χ1v) is 13.7. The van der Waals surface area contributed by atoms with Gasteiger partial charge in [-0.25, -0.2) is 9.97 Å². The SMILES string of the molecule is c1ccc2c(c1)oc1c(-c3nc(-c4cccc5c4sc4ccccc45)nc4c3oc3ccccc34)cccc12. The third kappa shape index (κ3) is 2.93. The van der Waals surface area contributed by atoms with Crippen molar-refractivity contribution >= 4 is 75.5 Å². The molecule has 4 aromatic heterocycles. The van der Waals surface area contributed by atoms with E-state index in [0.717, 1.165) is 55.2 Å². The Hall–Kier alpha value is -5.00. The highest BCUT2D eigenvalue weighted by Gasteiger charge is 2.22. The predicted molar refractivity (Wildman–Crippen MR) is 160 cm³/mol. The van der Waals surface area contributed by atoms with Crippen LogP contribution >= 0.6 is 11.3 Å². The summed E-state index contributed by atoms with van der Waals surface area (Å²) in [5.74, 6) is 0.675. The van der Waals surface area contributed by atoms with Gasteiger partial charge in [-0.2, -0.15) is 0 Å². The molecule has 182 valence electrons. The number of furan rings is 2. The van der Waals surface area contributed by atoms with Gasteiger partial charge in [-0.1, -0.05) is 72.8 Å². The van der Waals surface area contributed by atoms with Crippen LogP contribution in [-0.4, -0.2) is 9.97 Å². The number of thiophene rings is 1. The van der Waals surface area contributed by atoms with Gasteiger partial charge in [0.1, 0.15) is 28.0 Å². The first-order valence-electron chi connectivity index (χ1n) is 12.8. The molecule has 0 aliphatic carbocycles. The summed E-state index contributed by atoms with van der Waals surface area (Å²) < 4.78 is 15.3. The van der Waals surface area contributed by atoms with Gasteiger partial charge in [0.05, 0.1) is 0 Å². The van der Waals surface area contributed by atoms with Crippen LogP contribution in [0.1, 0.15) is 0 Å². The second kappa shape index (κ2) is 7.76. The van der Waals surface area contributed by atoms with Crippen molar-refractivity contribution in [3.05, 3.63) is 109 Å². The van der Waals surface area contributed by atoms with Crippen LogP contribution in [0.15, 0.2) is 118 Å². The molecule has 0 radical (unpaired) electrons. The number of rotatable bonds is 2. The Morgan fingerprint density at radius 2 is 1.13 bits per heavy atom. The van der Waals surface area contributed by atoms with Crippen molar-refractivity contribution in [1.29, 1.82) is 0 Å². The van der Waals surface area contributed by atoms with E-state index in [2.05, 4.69) is 72.8 Å². The molecule has 0 N–H and O–H groups in total. The molecule has 9 aromatic rings. The number of hydrogen-bond donors (Lipinski definition) is 0. The van der Waals surface area contributed by atoms with Crippen molar-refractivity contribution in [2.75, 3.05) is 0 Å². The number of para-hydroxylation sites is 3. The summed E-state index contributed by atoms with van der Waals surface area (Å²) in [5, 5.41) is 5.58. The third-order valence-electron chi connectivity index (χ3n) is 7.52. The average molecular weight is 519 g/mol. The molecule has 0 saturated heterocycles. The fraction of sp³-hybridized carbons (Fsp3) is 0. The van der Waals surface area contributed by atoms with Crippen LogP contribution in [0.2, 0.25) is 0 Å². The summed E-state index contributed by atoms with van der Waals surface area (Å²) in [6.45, 7) is 0. The van der Waals surface area contributed by atoms with E-state index < -0.39 is 0 Å². The molecule has 0 amide bonds. The van der Waals surface area contributed by atoms with Crippen molar-refractivity contribution in [3.63, 3.8) is 0 Å². The molecule has 0 saturated carbocycles. The van der Waals surface area contributed by atoms with Gasteiger partial charge in [-0.15, -0.1) is 11.3 Å². The summed E-state index contributed by atoms with van der Waals surface area (Å²) >= 11 is 1.78. The molecule has 0 atom stereocenters. The van der Waals surface area contributed by atoms with Gasteiger partial charge in [0.25, 0.3) is 0 Å². The molecular formula is C34H18N2O2S. The molecule has 0 fully saturated rings. The van der Waals surface area contributed by atoms with Crippen LogP contribution in [0.3, 0.4) is 0 Å². The maximum absolute atomic E-state index is 6.42. The van der Waals surface area contributed by atoms with Gasteiger partial charge >= 0.3 is 0 Å². The molecule has 4 heterocycles. The maximum atomic E-state index is 6.42. The van der Waals surface area contributed by atoms with Crippen LogP contribution in [0.4, 0.5) is 0 Å². The fourth-order valence-electron chi connectivity index (χ4n) is 5.75. The van der Waals surface area contributed by atoms with Crippen molar-refractivity contribution < 1.29 is 8.83 Å². The van der Waals surface area contributed by atoms with Crippen LogP contribution in [-0.2, 0) is 0 Å². The van der Waals surface area contributed by atoms with Gasteiger partial charge in [0.2, 0.25) is 0 Å². The number of fused-ring (bicyclic) bond motifs is 9. The molecule has 0 spiro atoms.